The Labute approximate surface area is 184 Å². The van der Waals surface area contributed by atoms with E-state index in [1.165, 1.54) is 29.9 Å². The highest BCUT2D eigenvalue weighted by Crippen LogP contribution is 2.36. The summed E-state index contributed by atoms with van der Waals surface area (Å²) >= 11 is 6.21. The van der Waals surface area contributed by atoms with Crippen LogP contribution in [-0.2, 0) is 13.2 Å². The maximum atomic E-state index is 13.8. The lowest BCUT2D eigenvalue weighted by molar-refractivity contribution is -0.137. The third kappa shape index (κ3) is 3.97. The maximum Gasteiger partial charge on any atom is 0.416 e. The fraction of sp³-hybridized carbons (Fsp3) is 0.150. The molecule has 32 heavy (non-hydrogen) atoms. The second-order valence-electron chi connectivity index (χ2n) is 7.50. The molecule has 4 nitrogen and oxygen atoms in total. The standard InChI is InChI=1S/C20H12B2ClF5N2O2/c1-30-16-14(15(21-19(16)32)12-7-10(24)2-3-13(12)23)17(29-30)22-18(31)8-4-9(20(26,27)28)6-11(25)5-8/h2-7,15,21-22H,1H3. The van der Waals surface area contributed by atoms with Crippen LogP contribution in [0, 0.1) is 11.6 Å². The maximum absolute atomic E-state index is 13.8. The van der Waals surface area contributed by atoms with E-state index < -0.39 is 47.7 Å². The Balaban J connectivity index is 1.75. The van der Waals surface area contributed by atoms with Gasteiger partial charge in [0.15, 0.2) is 0 Å². The van der Waals surface area contributed by atoms with Crippen LogP contribution in [0.3, 0.4) is 0 Å². The number of benzene rings is 2. The van der Waals surface area contributed by atoms with Gasteiger partial charge in [-0.3, -0.25) is 4.68 Å². The zero-order valence-corrected chi connectivity index (χ0v) is 17.2. The van der Waals surface area contributed by atoms with Crippen molar-refractivity contribution < 1.29 is 31.5 Å². The summed E-state index contributed by atoms with van der Waals surface area (Å²) in [6.45, 7) is 0. The number of nitrogens with zero attached hydrogens (tertiary/aromatic N) is 2. The van der Waals surface area contributed by atoms with Gasteiger partial charge in [0.1, 0.15) is 23.0 Å². The molecule has 0 radical (unpaired) electrons. The molecule has 4 rings (SSSR count). The number of hydrogen-bond acceptors (Lipinski definition) is 3. The average molecular weight is 464 g/mol. The lowest BCUT2D eigenvalue weighted by Crippen LogP contribution is -2.30. The molecular weight excluding hydrogens is 452 g/mol. The minimum Gasteiger partial charge on any atom is -0.306 e. The van der Waals surface area contributed by atoms with Gasteiger partial charge in [0.2, 0.25) is 7.28 Å². The first-order chi connectivity index (χ1) is 15.0. The summed E-state index contributed by atoms with van der Waals surface area (Å²) in [7, 11) is 0.994. The van der Waals surface area contributed by atoms with E-state index in [0.29, 0.717) is 29.3 Å². The molecule has 0 N–H and O–H groups in total. The molecule has 1 aliphatic heterocycles. The van der Waals surface area contributed by atoms with E-state index >= 15 is 0 Å². The van der Waals surface area contributed by atoms with E-state index in [9.17, 15) is 31.5 Å². The second kappa shape index (κ2) is 7.88. The quantitative estimate of drug-likeness (QED) is 0.441. The average Bonchev–Trinajstić information content (AvgIpc) is 3.21. The van der Waals surface area contributed by atoms with Gasteiger partial charge in [-0.1, -0.05) is 11.6 Å². The van der Waals surface area contributed by atoms with Crippen molar-refractivity contribution in [1.29, 1.82) is 0 Å². The van der Waals surface area contributed by atoms with Gasteiger partial charge in [-0.05, 0) is 53.3 Å². The topological polar surface area (TPSA) is 52.0 Å². The summed E-state index contributed by atoms with van der Waals surface area (Å²) in [6.07, 6.45) is -4.82. The van der Waals surface area contributed by atoms with Gasteiger partial charge in [0, 0.05) is 23.2 Å². The van der Waals surface area contributed by atoms with E-state index in [1.807, 2.05) is 0 Å². The van der Waals surface area contributed by atoms with Gasteiger partial charge in [0.25, 0.3) is 7.28 Å². The van der Waals surface area contributed by atoms with Crippen LogP contribution in [0.25, 0.3) is 0 Å². The van der Waals surface area contributed by atoms with Crippen molar-refractivity contribution >= 4 is 43.1 Å². The summed E-state index contributed by atoms with van der Waals surface area (Å²) in [5.74, 6) is -2.43. The molecule has 1 atom stereocenters. The van der Waals surface area contributed by atoms with Gasteiger partial charge in [0.05, 0.1) is 11.3 Å². The Kier molecular flexibility index (Phi) is 5.48. The molecule has 2 heterocycles. The molecule has 3 aromatic rings. The predicted octanol–water partition coefficient (Wildman–Crippen LogP) is 2.95. The Morgan fingerprint density at radius 1 is 1.16 bits per heavy atom. The van der Waals surface area contributed by atoms with Crippen LogP contribution in [0.2, 0.25) is 5.02 Å². The highest BCUT2D eigenvalue weighted by molar-refractivity contribution is 6.88. The monoisotopic (exact) mass is 464 g/mol. The summed E-state index contributed by atoms with van der Waals surface area (Å²) in [5, 5.41) is 4.41. The Hall–Kier alpha value is -2.94. The molecular formula is C20H12B2ClF5N2O2. The SMILES string of the molecule is Cn1nc(BC(=O)c2cc(F)cc(C(F)(F)F)c2)c2c1C(=O)BC2c1cc(F)ccc1Cl. The fourth-order valence-corrected chi connectivity index (χ4v) is 4.27. The first kappa shape index (κ1) is 22.3. The van der Waals surface area contributed by atoms with Gasteiger partial charge in [-0.2, -0.15) is 18.3 Å². The highest BCUT2D eigenvalue weighted by atomic mass is 35.5. The molecule has 0 saturated heterocycles. The smallest absolute Gasteiger partial charge is 0.306 e. The van der Waals surface area contributed by atoms with E-state index in [4.69, 9.17) is 11.6 Å². The summed E-state index contributed by atoms with van der Waals surface area (Å²) < 4.78 is 67.8. The van der Waals surface area contributed by atoms with Crippen LogP contribution in [0.4, 0.5) is 22.0 Å². The number of fused-ring (bicyclic) bond motifs is 1. The lowest BCUT2D eigenvalue weighted by atomic mass is 9.58. The molecule has 1 aliphatic rings. The van der Waals surface area contributed by atoms with Crippen molar-refractivity contribution in [3.8, 4) is 0 Å². The minimum atomic E-state index is -4.82. The van der Waals surface area contributed by atoms with Crippen molar-refractivity contribution in [1.82, 2.24) is 9.78 Å². The number of aryl methyl sites for hydroxylation is 1. The van der Waals surface area contributed by atoms with Crippen molar-refractivity contribution in [2.45, 2.75) is 12.0 Å². The summed E-state index contributed by atoms with van der Waals surface area (Å²) in [6, 6.07) is 5.29. The number of carbonyl (C=O) groups excluding carboxylic acids is 2. The molecule has 12 heteroatoms. The van der Waals surface area contributed by atoms with Crippen molar-refractivity contribution in [2.75, 3.05) is 0 Å². The molecule has 0 bridgehead atoms. The van der Waals surface area contributed by atoms with Crippen LogP contribution in [0.1, 0.15) is 43.4 Å². The Morgan fingerprint density at radius 2 is 1.88 bits per heavy atom. The number of alkyl halides is 3. The number of carbonyl (C=O) groups is 2. The number of hydrogen-bond donors (Lipinski definition) is 0. The van der Waals surface area contributed by atoms with E-state index in [1.54, 1.807) is 0 Å². The van der Waals surface area contributed by atoms with Crippen LogP contribution in [-0.4, -0.2) is 35.7 Å². The molecule has 0 amide bonds. The third-order valence-corrected chi connectivity index (χ3v) is 5.72. The fourth-order valence-electron chi connectivity index (χ4n) is 4.02. The Bertz CT molecular complexity index is 1280. The normalized spacial score (nSPS) is 15.5. The van der Waals surface area contributed by atoms with Crippen LogP contribution in [0.15, 0.2) is 36.4 Å². The van der Waals surface area contributed by atoms with E-state index in [2.05, 4.69) is 5.10 Å². The number of rotatable bonds is 4. The van der Waals surface area contributed by atoms with Crippen LogP contribution < -0.4 is 5.59 Å². The van der Waals surface area contributed by atoms with Crippen molar-refractivity contribution in [3.63, 3.8) is 0 Å². The molecule has 0 fully saturated rings. The lowest BCUT2D eigenvalue weighted by Gasteiger charge is -2.13. The van der Waals surface area contributed by atoms with Gasteiger partial charge >= 0.3 is 6.18 Å². The van der Waals surface area contributed by atoms with Crippen molar-refractivity contribution in [3.05, 3.63) is 81.0 Å². The zero-order valence-electron chi connectivity index (χ0n) is 16.4. The van der Waals surface area contributed by atoms with Crippen LogP contribution in [0.5, 0.6) is 0 Å². The Morgan fingerprint density at radius 3 is 2.56 bits per heavy atom. The zero-order chi connectivity index (χ0) is 23.4. The molecule has 2 aromatic carbocycles. The van der Waals surface area contributed by atoms with Crippen molar-refractivity contribution in [2.24, 2.45) is 7.05 Å². The molecule has 1 unspecified atom stereocenters. The molecule has 0 saturated carbocycles. The largest absolute Gasteiger partial charge is 0.416 e. The van der Waals surface area contributed by atoms with Gasteiger partial charge < -0.3 is 9.59 Å². The third-order valence-electron chi connectivity index (χ3n) is 5.37. The molecule has 0 aliphatic carbocycles. The first-order valence-corrected chi connectivity index (χ1v) is 9.78. The van der Waals surface area contributed by atoms with Gasteiger partial charge in [-0.15, -0.1) is 0 Å². The summed E-state index contributed by atoms with van der Waals surface area (Å²) in [4.78, 5) is 25.3. The first-order valence-electron chi connectivity index (χ1n) is 9.40. The number of aromatic nitrogens is 2. The summed E-state index contributed by atoms with van der Waals surface area (Å²) in [5.41, 5.74) is -1.79. The van der Waals surface area contributed by atoms with E-state index in [0.717, 1.165) is 0 Å². The molecule has 1 aromatic heterocycles. The molecule has 162 valence electrons. The van der Waals surface area contributed by atoms with E-state index in [-0.39, 0.29) is 29.3 Å². The predicted molar refractivity (Wildman–Crippen MR) is 110 cm³/mol. The number of halogens is 6. The minimum absolute atomic E-state index is 0.0242. The molecule has 0 spiro atoms. The highest BCUT2D eigenvalue weighted by Gasteiger charge is 2.40. The van der Waals surface area contributed by atoms with Crippen LogP contribution >= 0.6 is 11.6 Å². The second-order valence-corrected chi connectivity index (χ2v) is 7.91. The van der Waals surface area contributed by atoms with Gasteiger partial charge in [-0.25, -0.2) is 8.78 Å².